The highest BCUT2D eigenvalue weighted by Crippen LogP contribution is 2.47. The number of methoxy groups -OCH3 is 1. The fraction of sp³-hybridized carbons (Fsp3) is 0.409. The first-order valence-electron chi connectivity index (χ1n) is 10.4. The average Bonchev–Trinajstić information content (AvgIpc) is 3.10. The van der Waals surface area contributed by atoms with Crippen LogP contribution in [0, 0.1) is 0 Å². The van der Waals surface area contributed by atoms with E-state index in [9.17, 15) is 13.2 Å². The Hall–Kier alpha value is -2.23. The fourth-order valence-electron chi connectivity index (χ4n) is 4.67. The third-order valence-corrected chi connectivity index (χ3v) is 9.27. The van der Waals surface area contributed by atoms with Gasteiger partial charge in [0.05, 0.1) is 29.8 Å². The van der Waals surface area contributed by atoms with Crippen molar-refractivity contribution in [2.24, 2.45) is 0 Å². The summed E-state index contributed by atoms with van der Waals surface area (Å²) in [6, 6.07) is 11.3. The molecule has 7 nitrogen and oxygen atoms in total. The number of carbonyl (C=O) groups is 1. The molecule has 0 N–H and O–H groups in total. The number of para-hydroxylation sites is 2. The van der Waals surface area contributed by atoms with E-state index in [0.29, 0.717) is 43.5 Å². The van der Waals surface area contributed by atoms with Crippen LogP contribution in [0.2, 0.25) is 0 Å². The quantitative estimate of drug-likeness (QED) is 0.700. The van der Waals surface area contributed by atoms with E-state index in [1.54, 1.807) is 34.1 Å². The first-order chi connectivity index (χ1) is 14.9. The van der Waals surface area contributed by atoms with Crippen LogP contribution in [0.15, 0.2) is 46.2 Å². The normalized spacial score (nSPS) is 21.4. The van der Waals surface area contributed by atoms with Crippen LogP contribution in [0.1, 0.15) is 12.5 Å². The summed E-state index contributed by atoms with van der Waals surface area (Å²) in [5.74, 6) is 0.777. The van der Waals surface area contributed by atoms with E-state index in [1.807, 2.05) is 30.3 Å². The number of nitrogens with zero attached hydrogens (tertiary/aromatic N) is 3. The lowest BCUT2D eigenvalue weighted by Crippen LogP contribution is -2.48. The monoisotopic (exact) mass is 459 g/mol. The number of rotatable bonds is 4. The zero-order chi connectivity index (χ0) is 21.8. The summed E-state index contributed by atoms with van der Waals surface area (Å²) < 4.78 is 34.1. The van der Waals surface area contributed by atoms with Gasteiger partial charge in [0.2, 0.25) is 15.9 Å². The Balaban J connectivity index is 1.41. The van der Waals surface area contributed by atoms with Crippen molar-refractivity contribution in [2.75, 3.05) is 49.6 Å². The molecule has 0 spiro atoms. The third-order valence-electron chi connectivity index (χ3n) is 6.15. The molecule has 2 aromatic rings. The van der Waals surface area contributed by atoms with Gasteiger partial charge in [0.15, 0.2) is 0 Å². The maximum Gasteiger partial charge on any atom is 0.243 e. The van der Waals surface area contributed by atoms with Crippen LogP contribution in [-0.4, -0.2) is 63.7 Å². The number of amides is 1. The zero-order valence-corrected chi connectivity index (χ0v) is 19.2. The number of piperazine rings is 1. The number of thioether (sulfide) groups is 1. The zero-order valence-electron chi connectivity index (χ0n) is 17.6. The van der Waals surface area contributed by atoms with E-state index >= 15 is 0 Å². The lowest BCUT2D eigenvalue weighted by Gasteiger charge is -2.36. The average molecular weight is 460 g/mol. The summed E-state index contributed by atoms with van der Waals surface area (Å²) in [6.07, 6.45) is 0.159. The van der Waals surface area contributed by atoms with E-state index in [1.165, 1.54) is 0 Å². The Morgan fingerprint density at radius 3 is 2.55 bits per heavy atom. The van der Waals surface area contributed by atoms with Gasteiger partial charge in [0.1, 0.15) is 5.75 Å². The molecule has 164 valence electrons. The highest BCUT2D eigenvalue weighted by atomic mass is 32.2. The number of benzene rings is 2. The van der Waals surface area contributed by atoms with Crippen LogP contribution < -0.4 is 14.5 Å². The van der Waals surface area contributed by atoms with Crippen LogP contribution in [0.4, 0.5) is 11.4 Å². The second kappa shape index (κ2) is 7.72. The van der Waals surface area contributed by atoms with Crippen molar-refractivity contribution in [3.63, 3.8) is 0 Å². The van der Waals surface area contributed by atoms with Crippen molar-refractivity contribution in [2.45, 2.75) is 28.4 Å². The fourth-order valence-corrected chi connectivity index (χ4v) is 7.47. The molecule has 0 aliphatic carbocycles. The highest BCUT2D eigenvalue weighted by Gasteiger charge is 2.40. The summed E-state index contributed by atoms with van der Waals surface area (Å²) >= 11 is 1.71. The van der Waals surface area contributed by atoms with Crippen molar-refractivity contribution in [3.05, 3.63) is 42.0 Å². The van der Waals surface area contributed by atoms with Gasteiger partial charge in [-0.05, 0) is 24.3 Å². The molecule has 1 atom stereocenters. The van der Waals surface area contributed by atoms with Crippen molar-refractivity contribution in [3.8, 4) is 5.75 Å². The largest absolute Gasteiger partial charge is 0.495 e. The predicted octanol–water partition coefficient (Wildman–Crippen LogP) is 2.59. The first-order valence-corrected chi connectivity index (χ1v) is 12.7. The van der Waals surface area contributed by atoms with Gasteiger partial charge in [0, 0.05) is 48.4 Å². The molecule has 9 heteroatoms. The Morgan fingerprint density at radius 2 is 1.81 bits per heavy atom. The molecule has 0 bridgehead atoms. The van der Waals surface area contributed by atoms with Gasteiger partial charge in [-0.2, -0.15) is 4.31 Å². The van der Waals surface area contributed by atoms with Gasteiger partial charge in [-0.15, -0.1) is 11.8 Å². The third kappa shape index (κ3) is 3.39. The van der Waals surface area contributed by atoms with Gasteiger partial charge < -0.3 is 14.5 Å². The summed E-state index contributed by atoms with van der Waals surface area (Å²) in [7, 11) is -2.04. The number of carbonyl (C=O) groups excluding carboxylic acids is 1. The smallest absolute Gasteiger partial charge is 0.243 e. The summed E-state index contributed by atoms with van der Waals surface area (Å²) in [6.45, 7) is 4.66. The molecule has 3 heterocycles. The summed E-state index contributed by atoms with van der Waals surface area (Å²) in [5, 5.41) is 0.299. The minimum absolute atomic E-state index is 0.00737. The SMILES string of the molecule is COc1ccccc1N1CCN(S(=O)(=O)c2ccc3c4c2CC(=O)N4CC(C)S3)CC1. The van der Waals surface area contributed by atoms with Crippen molar-refractivity contribution in [1.82, 2.24) is 4.31 Å². The second-order valence-electron chi connectivity index (χ2n) is 8.06. The molecule has 1 saturated heterocycles. The molecule has 3 aliphatic rings. The lowest BCUT2D eigenvalue weighted by atomic mass is 10.1. The molecule has 2 aromatic carbocycles. The van der Waals surface area contributed by atoms with E-state index in [4.69, 9.17) is 4.74 Å². The van der Waals surface area contributed by atoms with E-state index < -0.39 is 10.0 Å². The molecule has 5 rings (SSSR count). The molecular weight excluding hydrogens is 434 g/mol. The van der Waals surface area contributed by atoms with Crippen molar-refractivity contribution in [1.29, 1.82) is 0 Å². The minimum atomic E-state index is -3.68. The van der Waals surface area contributed by atoms with Gasteiger partial charge in [-0.3, -0.25) is 4.79 Å². The number of anilines is 2. The van der Waals surface area contributed by atoms with Crippen LogP contribution in [0.3, 0.4) is 0 Å². The molecule has 0 aromatic heterocycles. The minimum Gasteiger partial charge on any atom is -0.495 e. The maximum atomic E-state index is 13.6. The summed E-state index contributed by atoms with van der Waals surface area (Å²) in [4.78, 5) is 17.8. The van der Waals surface area contributed by atoms with E-state index in [2.05, 4.69) is 11.8 Å². The van der Waals surface area contributed by atoms with Crippen LogP contribution in [0.25, 0.3) is 0 Å². The van der Waals surface area contributed by atoms with Gasteiger partial charge in [-0.25, -0.2) is 8.42 Å². The first kappa shape index (κ1) is 20.7. The molecule has 0 radical (unpaired) electrons. The number of hydrogen-bond donors (Lipinski definition) is 0. The second-order valence-corrected chi connectivity index (χ2v) is 11.4. The van der Waals surface area contributed by atoms with E-state index in [-0.39, 0.29) is 17.2 Å². The molecule has 1 unspecified atom stereocenters. The Bertz CT molecular complexity index is 1140. The van der Waals surface area contributed by atoms with Crippen molar-refractivity contribution < 1.29 is 17.9 Å². The molecule has 0 saturated carbocycles. The summed E-state index contributed by atoms with van der Waals surface area (Å²) in [5.41, 5.74) is 2.44. The molecule has 1 fully saturated rings. The topological polar surface area (TPSA) is 70.2 Å². The molecule has 1 amide bonds. The number of sulfonamides is 1. The Labute approximate surface area is 187 Å². The van der Waals surface area contributed by atoms with Gasteiger partial charge >= 0.3 is 0 Å². The van der Waals surface area contributed by atoms with Crippen molar-refractivity contribution >= 4 is 39.1 Å². The van der Waals surface area contributed by atoms with Crippen LogP contribution in [0.5, 0.6) is 5.75 Å². The molecule has 31 heavy (non-hydrogen) atoms. The van der Waals surface area contributed by atoms with Crippen LogP contribution >= 0.6 is 11.8 Å². The molecular formula is C22H25N3O4S2. The maximum absolute atomic E-state index is 13.6. The standard InChI is InChI=1S/C22H25N3O4S2/c1-15-14-25-21(26)13-16-20(8-7-19(30-15)22(16)25)31(27,28)24-11-9-23(10-12-24)17-5-3-4-6-18(17)29-2/h3-8,15H,9-14H2,1-2H3. The van der Waals surface area contributed by atoms with E-state index in [0.717, 1.165) is 22.0 Å². The Morgan fingerprint density at radius 1 is 1.06 bits per heavy atom. The number of ether oxygens (including phenoxy) is 1. The lowest BCUT2D eigenvalue weighted by molar-refractivity contribution is -0.117. The van der Waals surface area contributed by atoms with Gasteiger partial charge in [-0.1, -0.05) is 19.1 Å². The van der Waals surface area contributed by atoms with Gasteiger partial charge in [0.25, 0.3) is 0 Å². The number of hydrogen-bond acceptors (Lipinski definition) is 6. The predicted molar refractivity (Wildman–Crippen MR) is 122 cm³/mol. The molecule has 3 aliphatic heterocycles. The van der Waals surface area contributed by atoms with Crippen LogP contribution in [-0.2, 0) is 21.2 Å². The highest BCUT2D eigenvalue weighted by molar-refractivity contribution is 8.00. The Kier molecular flexibility index (Phi) is 5.15.